The number of hydrogen-bond acceptors (Lipinski definition) is 2. The van der Waals surface area contributed by atoms with Crippen molar-refractivity contribution in [2.75, 3.05) is 0 Å². The Hall–Kier alpha value is -0.930. The summed E-state index contributed by atoms with van der Waals surface area (Å²) in [5.41, 5.74) is 0.597. The average molecular weight is 261 g/mol. The van der Waals surface area contributed by atoms with Crippen molar-refractivity contribution in [3.8, 4) is 5.75 Å². The van der Waals surface area contributed by atoms with Gasteiger partial charge in [-0.1, -0.05) is 23.2 Å². The largest absolute Gasteiger partial charge is 0.490 e. The van der Waals surface area contributed by atoms with Gasteiger partial charge in [-0.3, -0.25) is 4.79 Å². The molecule has 1 aromatic carbocycles. The smallest absolute Gasteiger partial charge is 0.311 e. The number of rotatable bonds is 1. The van der Waals surface area contributed by atoms with Crippen LogP contribution in [0.25, 0.3) is 0 Å². The summed E-state index contributed by atoms with van der Waals surface area (Å²) in [5.74, 6) is -0.927. The molecule has 16 heavy (non-hydrogen) atoms. The highest BCUT2D eigenvalue weighted by Gasteiger charge is 2.31. The van der Waals surface area contributed by atoms with E-state index in [1.807, 2.05) is 6.92 Å². The third-order valence-electron chi connectivity index (χ3n) is 2.62. The van der Waals surface area contributed by atoms with Gasteiger partial charge in [0.15, 0.2) is 0 Å². The summed E-state index contributed by atoms with van der Waals surface area (Å²) in [6.45, 7) is 1.83. The summed E-state index contributed by atoms with van der Waals surface area (Å²) < 4.78 is 5.54. The van der Waals surface area contributed by atoms with E-state index in [9.17, 15) is 4.79 Å². The Kier molecular flexibility index (Phi) is 3.00. The first-order chi connectivity index (χ1) is 7.49. The minimum Gasteiger partial charge on any atom is -0.490 e. The first kappa shape index (κ1) is 11.6. The second kappa shape index (κ2) is 4.15. The quantitative estimate of drug-likeness (QED) is 0.843. The molecule has 0 spiro atoms. The van der Waals surface area contributed by atoms with Gasteiger partial charge in [0.25, 0.3) is 0 Å². The molecule has 0 aromatic heterocycles. The summed E-state index contributed by atoms with van der Waals surface area (Å²) in [6.07, 6.45) is 0.311. The van der Waals surface area contributed by atoms with E-state index in [2.05, 4.69) is 0 Å². The van der Waals surface area contributed by atoms with Gasteiger partial charge in [0.05, 0.1) is 22.1 Å². The molecular formula is C11H10Cl2O3. The van der Waals surface area contributed by atoms with Crippen LogP contribution >= 0.6 is 23.2 Å². The van der Waals surface area contributed by atoms with E-state index < -0.39 is 11.9 Å². The molecule has 0 aliphatic carbocycles. The summed E-state index contributed by atoms with van der Waals surface area (Å²) in [7, 11) is 0. The Bertz CT molecular complexity index is 445. The lowest BCUT2D eigenvalue weighted by molar-refractivity contribution is -0.139. The molecule has 0 amide bonds. The highest BCUT2D eigenvalue weighted by atomic mass is 35.5. The summed E-state index contributed by atoms with van der Waals surface area (Å²) in [5, 5.41) is 9.86. The third-order valence-corrected chi connectivity index (χ3v) is 3.34. The van der Waals surface area contributed by atoms with E-state index >= 15 is 0 Å². The molecule has 2 atom stereocenters. The molecule has 0 fully saturated rings. The number of halogens is 2. The number of hydrogen-bond donors (Lipinski definition) is 1. The molecule has 86 valence electrons. The van der Waals surface area contributed by atoms with Crippen LogP contribution in [-0.2, 0) is 4.79 Å². The Morgan fingerprint density at radius 1 is 1.44 bits per heavy atom. The maximum Gasteiger partial charge on any atom is 0.311 e. The van der Waals surface area contributed by atoms with Crippen molar-refractivity contribution in [2.24, 2.45) is 0 Å². The van der Waals surface area contributed by atoms with Gasteiger partial charge in [-0.05, 0) is 13.0 Å². The van der Waals surface area contributed by atoms with Crippen molar-refractivity contribution in [1.29, 1.82) is 0 Å². The topological polar surface area (TPSA) is 46.5 Å². The maximum atomic E-state index is 11.1. The molecule has 0 unspecified atom stereocenters. The van der Waals surface area contributed by atoms with Crippen LogP contribution in [0.5, 0.6) is 5.75 Å². The van der Waals surface area contributed by atoms with E-state index in [0.29, 0.717) is 27.8 Å². The standard InChI is InChI=1S/C11H10Cl2O3/c1-5-2-7(11(14)15)6-3-8(12)9(13)4-10(6)16-5/h3-5,7H,2H2,1H3,(H,14,15)/t5-,7-/m0/s1. The predicted octanol–water partition coefficient (Wildman–Crippen LogP) is 3.33. The summed E-state index contributed by atoms with van der Waals surface area (Å²) in [6, 6.07) is 3.15. The van der Waals surface area contributed by atoms with Crippen molar-refractivity contribution >= 4 is 29.2 Å². The van der Waals surface area contributed by atoms with Crippen molar-refractivity contribution in [3.05, 3.63) is 27.7 Å². The molecule has 1 aliphatic rings. The molecule has 0 radical (unpaired) electrons. The number of aliphatic carboxylic acids is 1. The average Bonchev–Trinajstić information content (AvgIpc) is 2.19. The monoisotopic (exact) mass is 260 g/mol. The van der Waals surface area contributed by atoms with Gasteiger partial charge in [0, 0.05) is 18.1 Å². The number of benzene rings is 1. The first-order valence-electron chi connectivity index (χ1n) is 4.87. The zero-order valence-electron chi connectivity index (χ0n) is 8.54. The predicted molar refractivity (Wildman–Crippen MR) is 61.5 cm³/mol. The number of carboxylic acid groups (broad SMARTS) is 1. The maximum absolute atomic E-state index is 11.1. The van der Waals surface area contributed by atoms with E-state index in [4.69, 9.17) is 33.0 Å². The Labute approximate surface area is 103 Å². The lowest BCUT2D eigenvalue weighted by atomic mass is 9.90. The fraction of sp³-hybridized carbons (Fsp3) is 0.364. The molecule has 5 heteroatoms. The van der Waals surface area contributed by atoms with Crippen molar-refractivity contribution in [3.63, 3.8) is 0 Å². The van der Waals surface area contributed by atoms with E-state index in [-0.39, 0.29) is 6.10 Å². The third kappa shape index (κ3) is 1.97. The van der Waals surface area contributed by atoms with Crippen LogP contribution in [0.2, 0.25) is 10.0 Å². The second-order valence-corrected chi connectivity index (χ2v) is 4.67. The molecule has 3 nitrogen and oxygen atoms in total. The fourth-order valence-corrected chi connectivity index (χ4v) is 2.20. The molecule has 0 saturated carbocycles. The number of carboxylic acids is 1. The summed E-state index contributed by atoms with van der Waals surface area (Å²) in [4.78, 5) is 11.1. The Morgan fingerprint density at radius 3 is 2.69 bits per heavy atom. The molecule has 1 N–H and O–H groups in total. The molecule has 1 aromatic rings. The molecular weight excluding hydrogens is 251 g/mol. The molecule has 1 heterocycles. The van der Waals surface area contributed by atoms with Crippen LogP contribution in [-0.4, -0.2) is 17.2 Å². The van der Waals surface area contributed by atoms with Crippen LogP contribution in [0.1, 0.15) is 24.8 Å². The van der Waals surface area contributed by atoms with Crippen LogP contribution in [0.3, 0.4) is 0 Å². The lowest BCUT2D eigenvalue weighted by Crippen LogP contribution is -2.27. The summed E-state index contributed by atoms with van der Waals surface area (Å²) >= 11 is 11.7. The van der Waals surface area contributed by atoms with Gasteiger partial charge in [-0.15, -0.1) is 0 Å². The van der Waals surface area contributed by atoms with Gasteiger partial charge in [0.2, 0.25) is 0 Å². The highest BCUT2D eigenvalue weighted by Crippen LogP contribution is 2.40. The SMILES string of the molecule is C[C@H]1C[C@H](C(=O)O)c2cc(Cl)c(Cl)cc2O1. The van der Waals surface area contributed by atoms with E-state index in [1.165, 1.54) is 0 Å². The first-order valence-corrected chi connectivity index (χ1v) is 5.63. The second-order valence-electron chi connectivity index (χ2n) is 3.86. The molecule has 2 rings (SSSR count). The number of fused-ring (bicyclic) bond motifs is 1. The van der Waals surface area contributed by atoms with Crippen LogP contribution < -0.4 is 4.74 Å². The Morgan fingerprint density at radius 2 is 2.06 bits per heavy atom. The van der Waals surface area contributed by atoms with Crippen molar-refractivity contribution in [1.82, 2.24) is 0 Å². The van der Waals surface area contributed by atoms with Crippen molar-refractivity contribution in [2.45, 2.75) is 25.4 Å². The Balaban J connectivity index is 2.52. The van der Waals surface area contributed by atoms with Crippen molar-refractivity contribution < 1.29 is 14.6 Å². The minimum absolute atomic E-state index is 0.133. The zero-order chi connectivity index (χ0) is 11.9. The fourth-order valence-electron chi connectivity index (χ4n) is 1.88. The zero-order valence-corrected chi connectivity index (χ0v) is 10.0. The molecule has 1 aliphatic heterocycles. The van der Waals surface area contributed by atoms with Crippen LogP contribution in [0, 0.1) is 0 Å². The lowest BCUT2D eigenvalue weighted by Gasteiger charge is -2.28. The molecule has 0 saturated heterocycles. The molecule has 0 bridgehead atoms. The van der Waals surface area contributed by atoms with Crippen LogP contribution in [0.4, 0.5) is 0 Å². The van der Waals surface area contributed by atoms with Crippen LogP contribution in [0.15, 0.2) is 12.1 Å². The minimum atomic E-state index is -0.866. The van der Waals surface area contributed by atoms with Gasteiger partial charge in [-0.2, -0.15) is 0 Å². The van der Waals surface area contributed by atoms with E-state index in [1.54, 1.807) is 12.1 Å². The normalized spacial score (nSPS) is 23.4. The van der Waals surface area contributed by atoms with Gasteiger partial charge >= 0.3 is 5.97 Å². The van der Waals surface area contributed by atoms with Gasteiger partial charge in [-0.25, -0.2) is 0 Å². The van der Waals surface area contributed by atoms with Gasteiger partial charge < -0.3 is 9.84 Å². The van der Waals surface area contributed by atoms with Gasteiger partial charge in [0.1, 0.15) is 5.75 Å². The van der Waals surface area contributed by atoms with E-state index in [0.717, 1.165) is 0 Å². The number of carbonyl (C=O) groups is 1. The number of ether oxygens (including phenoxy) is 1. The highest BCUT2D eigenvalue weighted by molar-refractivity contribution is 6.42.